The zero-order chi connectivity index (χ0) is 16.9. The fourth-order valence-corrected chi connectivity index (χ4v) is 10.4. The molecule has 0 unspecified atom stereocenters. The maximum atomic E-state index is 2.68. The van der Waals surface area contributed by atoms with E-state index in [1.807, 2.05) is 0 Å². The van der Waals surface area contributed by atoms with Crippen molar-refractivity contribution in [3.05, 3.63) is 0 Å². The van der Waals surface area contributed by atoms with Gasteiger partial charge in [0.25, 0.3) is 0 Å². The van der Waals surface area contributed by atoms with Crippen molar-refractivity contribution in [1.82, 2.24) is 0 Å². The van der Waals surface area contributed by atoms with E-state index in [0.29, 0.717) is 0 Å². The highest BCUT2D eigenvalue weighted by Crippen LogP contribution is 2.31. The largest absolute Gasteiger partial charge is 0.517 e. The van der Waals surface area contributed by atoms with Crippen LogP contribution in [0.1, 0.15) is 26.7 Å². The number of hydrogen-bond donors (Lipinski definition) is 0. The number of quaternary nitrogens is 2. The van der Waals surface area contributed by atoms with Crippen molar-refractivity contribution < 1.29 is 8.30 Å². The Morgan fingerprint density at radius 2 is 1.14 bits per heavy atom. The van der Waals surface area contributed by atoms with Crippen LogP contribution in [0.25, 0.3) is 0 Å². The molecule has 0 spiro atoms. The average molecular weight is 331 g/mol. The van der Waals surface area contributed by atoms with Gasteiger partial charge in [0.2, 0.25) is 0 Å². The molecule has 5 heteroatoms. The van der Waals surface area contributed by atoms with E-state index < -0.39 is 16.3 Å². The van der Waals surface area contributed by atoms with E-state index in [0.717, 1.165) is 0 Å². The van der Waals surface area contributed by atoms with E-state index in [-0.39, 0.29) is 0 Å². The van der Waals surface area contributed by atoms with E-state index >= 15 is 0 Å². The molecular formula is C16H43BN2Si2+2. The van der Waals surface area contributed by atoms with Crippen LogP contribution in [0.4, 0.5) is 0 Å². The van der Waals surface area contributed by atoms with Gasteiger partial charge in [0, 0.05) is 20.5 Å². The predicted octanol–water partition coefficient (Wildman–Crippen LogP) is 3.72. The lowest BCUT2D eigenvalue weighted by Gasteiger charge is -2.52. The Bertz CT molecular complexity index is 294. The van der Waals surface area contributed by atoms with Crippen molar-refractivity contribution in [3.63, 3.8) is 0 Å². The fraction of sp³-hybridized carbons (Fsp3) is 1.00. The molecule has 126 valence electrons. The second kappa shape index (κ2) is 7.80. The van der Waals surface area contributed by atoms with Gasteiger partial charge in [-0.15, -0.1) is 0 Å². The molecule has 0 amide bonds. The van der Waals surface area contributed by atoms with Crippen LogP contribution in [0.5, 0.6) is 0 Å². The smallest absolute Gasteiger partial charge is 0.341 e. The summed E-state index contributed by atoms with van der Waals surface area (Å²) in [5.74, 6) is 0. The van der Waals surface area contributed by atoms with Gasteiger partial charge in [0.05, 0.1) is 41.3 Å². The quantitative estimate of drug-likeness (QED) is 0.536. The Hall–Kier alpha value is 0.419. The van der Waals surface area contributed by atoms with Crippen molar-refractivity contribution in [2.75, 3.05) is 41.3 Å². The number of hydrogen-bond acceptors (Lipinski definition) is 0. The zero-order valence-electron chi connectivity index (χ0n) is 16.8. The molecule has 0 aromatic carbocycles. The third-order valence-electron chi connectivity index (χ3n) is 5.75. The minimum Gasteiger partial charge on any atom is -0.341 e. The highest BCUT2D eigenvalue weighted by molar-refractivity contribution is 7.23. The van der Waals surface area contributed by atoms with Crippen molar-refractivity contribution in [2.45, 2.75) is 65.2 Å². The van der Waals surface area contributed by atoms with Crippen LogP contribution >= 0.6 is 0 Å². The maximum Gasteiger partial charge on any atom is 0.517 e. The number of nitrogens with zero attached hydrogens (tertiary/aromatic N) is 2. The molecule has 0 aliphatic carbocycles. The standard InChI is InChI=1S/C16H43BN2Si2/c1-11-14-18(3,4)21(10,19(5,6)15-12-2)16-13-17-20(7,8)9/h17H,11-16H2,1-10H3/q+2. The fourth-order valence-electron chi connectivity index (χ4n) is 3.89. The Morgan fingerprint density at radius 1 is 0.762 bits per heavy atom. The van der Waals surface area contributed by atoms with Crippen LogP contribution in [-0.2, 0) is 0 Å². The molecule has 0 aliphatic heterocycles. The van der Waals surface area contributed by atoms with Crippen molar-refractivity contribution in [3.8, 4) is 0 Å². The Labute approximate surface area is 138 Å². The summed E-state index contributed by atoms with van der Waals surface area (Å²) in [5, 5.41) is 0. The zero-order valence-corrected chi connectivity index (χ0v) is 18.8. The minimum absolute atomic E-state index is 0.904. The molecule has 0 aromatic rings. The van der Waals surface area contributed by atoms with Gasteiger partial charge in [-0.3, -0.25) is 0 Å². The molecule has 0 atom stereocenters. The van der Waals surface area contributed by atoms with Crippen molar-refractivity contribution in [2.24, 2.45) is 0 Å². The molecule has 0 heterocycles. The highest BCUT2D eigenvalue weighted by atomic mass is 28.4. The molecule has 0 aliphatic rings. The Balaban J connectivity index is 5.27. The first-order valence-corrected chi connectivity index (χ1v) is 15.3. The molecule has 0 rings (SSSR count). The van der Waals surface area contributed by atoms with Gasteiger partial charge in [0.1, 0.15) is 6.87 Å². The minimum atomic E-state index is -1.45. The lowest BCUT2D eigenvalue weighted by molar-refractivity contribution is -0.912. The molecule has 0 aromatic heterocycles. The molecular weight excluding hydrogens is 287 g/mol. The second-order valence-electron chi connectivity index (χ2n) is 9.45. The van der Waals surface area contributed by atoms with E-state index in [1.165, 1.54) is 53.5 Å². The van der Waals surface area contributed by atoms with Gasteiger partial charge < -0.3 is 8.30 Å². The summed E-state index contributed by atoms with van der Waals surface area (Å²) in [7, 11) is 7.70. The summed E-state index contributed by atoms with van der Waals surface area (Å²) in [4.78, 5) is 0. The average Bonchev–Trinajstić information content (AvgIpc) is 2.26. The Kier molecular flexibility index (Phi) is 7.96. The van der Waals surface area contributed by atoms with Crippen LogP contribution in [-0.4, -0.2) is 72.8 Å². The molecule has 2 nitrogen and oxygen atoms in total. The van der Waals surface area contributed by atoms with Crippen LogP contribution < -0.4 is 0 Å². The highest BCUT2D eigenvalue weighted by Gasteiger charge is 2.60. The third-order valence-corrected chi connectivity index (χ3v) is 14.6. The van der Waals surface area contributed by atoms with Gasteiger partial charge in [-0.05, 0) is 12.8 Å². The molecule has 0 radical (unpaired) electrons. The van der Waals surface area contributed by atoms with E-state index in [2.05, 4.69) is 68.2 Å². The van der Waals surface area contributed by atoms with Crippen LogP contribution in [0.3, 0.4) is 0 Å². The molecule has 0 fully saturated rings. The molecule has 0 N–H and O–H groups in total. The van der Waals surface area contributed by atoms with E-state index in [1.54, 1.807) is 0 Å². The summed E-state index contributed by atoms with van der Waals surface area (Å²) in [6, 6.07) is 1.48. The van der Waals surface area contributed by atoms with Crippen molar-refractivity contribution >= 4 is 23.2 Å². The van der Waals surface area contributed by atoms with Gasteiger partial charge in [-0.1, -0.05) is 39.8 Å². The summed E-state index contributed by atoms with van der Waals surface area (Å²) >= 11 is 0. The summed E-state index contributed by atoms with van der Waals surface area (Å²) in [5.41, 5.74) is 0. The van der Waals surface area contributed by atoms with Crippen molar-refractivity contribution in [1.29, 1.82) is 0 Å². The summed E-state index contributed by atoms with van der Waals surface area (Å²) < 4.78 is 2.56. The molecule has 0 saturated carbocycles. The van der Waals surface area contributed by atoms with Gasteiger partial charge in [-0.2, -0.15) is 0 Å². The normalized spacial score (nSPS) is 14.4. The van der Waals surface area contributed by atoms with Crippen LogP contribution in [0.15, 0.2) is 0 Å². The van der Waals surface area contributed by atoms with Gasteiger partial charge in [0.15, 0.2) is 0 Å². The maximum absolute atomic E-state index is 2.68. The van der Waals surface area contributed by atoms with Gasteiger partial charge >= 0.3 is 8.40 Å². The SMILES string of the molecule is CCC[N+](C)(C)[Si](C)(CCB[Si](C)(C)C)[N+](C)(C)CCC. The molecule has 0 saturated heterocycles. The third kappa shape index (κ3) is 5.85. The summed E-state index contributed by atoms with van der Waals surface area (Å²) in [6.07, 6.45) is 4.06. The lowest BCUT2D eigenvalue weighted by Crippen LogP contribution is -2.77. The number of rotatable bonds is 10. The first kappa shape index (κ1) is 21.4. The Morgan fingerprint density at radius 3 is 1.43 bits per heavy atom. The lowest BCUT2D eigenvalue weighted by atomic mass is 10.1. The van der Waals surface area contributed by atoms with Gasteiger partial charge in [-0.25, -0.2) is 0 Å². The monoisotopic (exact) mass is 330 g/mol. The predicted molar refractivity (Wildman–Crippen MR) is 106 cm³/mol. The molecule has 0 bridgehead atoms. The topological polar surface area (TPSA) is 0 Å². The van der Waals surface area contributed by atoms with E-state index in [4.69, 9.17) is 0 Å². The van der Waals surface area contributed by atoms with Crippen LogP contribution in [0.2, 0.25) is 38.6 Å². The summed E-state index contributed by atoms with van der Waals surface area (Å²) in [6.45, 7) is 19.1. The van der Waals surface area contributed by atoms with E-state index in [9.17, 15) is 0 Å². The second-order valence-corrected chi connectivity index (χ2v) is 20.4. The molecule has 21 heavy (non-hydrogen) atoms. The first-order chi connectivity index (χ1) is 9.33. The van der Waals surface area contributed by atoms with Crippen LogP contribution in [0, 0.1) is 0 Å². The first-order valence-electron chi connectivity index (χ1n) is 8.99.